The molecule has 0 aromatic carbocycles. The lowest BCUT2D eigenvalue weighted by molar-refractivity contribution is 0.171. The molecule has 6 heteroatoms. The highest BCUT2D eigenvalue weighted by molar-refractivity contribution is 5.93. The van der Waals surface area contributed by atoms with E-state index in [0.717, 1.165) is 12.2 Å². The molecule has 0 fully saturated rings. The van der Waals surface area contributed by atoms with Gasteiger partial charge in [-0.1, -0.05) is 0 Å². The van der Waals surface area contributed by atoms with Crippen LogP contribution in [0, 0.1) is 5.41 Å². The SMILES string of the molecule is COCCN(c1ccnc(C(=N)N)c1)C(C)COC. The molecule has 0 bridgehead atoms. The minimum atomic E-state index is -0.0343. The Morgan fingerprint density at radius 2 is 2.21 bits per heavy atom. The molecule has 0 saturated carbocycles. The number of nitrogen functional groups attached to an aromatic ring is 1. The summed E-state index contributed by atoms with van der Waals surface area (Å²) in [7, 11) is 3.35. The van der Waals surface area contributed by atoms with Crippen LogP contribution in [0.2, 0.25) is 0 Å². The Bertz CT molecular complexity index is 411. The molecule has 1 atom stereocenters. The zero-order valence-electron chi connectivity index (χ0n) is 11.7. The van der Waals surface area contributed by atoms with E-state index in [0.29, 0.717) is 18.9 Å². The van der Waals surface area contributed by atoms with E-state index >= 15 is 0 Å². The maximum atomic E-state index is 7.45. The van der Waals surface area contributed by atoms with Crippen molar-refractivity contribution in [3.05, 3.63) is 24.0 Å². The Kier molecular flexibility index (Phi) is 6.24. The summed E-state index contributed by atoms with van der Waals surface area (Å²) in [6, 6.07) is 3.90. The van der Waals surface area contributed by atoms with E-state index in [1.165, 1.54) is 0 Å². The molecule has 3 N–H and O–H groups in total. The minimum Gasteiger partial charge on any atom is -0.383 e. The molecule has 0 aliphatic heterocycles. The van der Waals surface area contributed by atoms with Crippen molar-refractivity contribution in [2.24, 2.45) is 5.73 Å². The number of aromatic nitrogens is 1. The van der Waals surface area contributed by atoms with Crippen LogP contribution in [0.4, 0.5) is 5.69 Å². The topological polar surface area (TPSA) is 84.5 Å². The maximum Gasteiger partial charge on any atom is 0.141 e. The van der Waals surface area contributed by atoms with Crippen molar-refractivity contribution in [3.63, 3.8) is 0 Å². The third-order valence-electron chi connectivity index (χ3n) is 2.83. The molecule has 1 rings (SSSR count). The second kappa shape index (κ2) is 7.70. The van der Waals surface area contributed by atoms with Crippen molar-refractivity contribution < 1.29 is 9.47 Å². The number of rotatable bonds is 8. The molecule has 1 aromatic rings. The van der Waals surface area contributed by atoms with Gasteiger partial charge in [0.15, 0.2) is 0 Å². The van der Waals surface area contributed by atoms with Gasteiger partial charge in [-0.25, -0.2) is 0 Å². The van der Waals surface area contributed by atoms with Gasteiger partial charge in [0.2, 0.25) is 0 Å². The number of nitrogens with two attached hydrogens (primary N) is 1. The van der Waals surface area contributed by atoms with Crippen molar-refractivity contribution in [1.29, 1.82) is 5.41 Å². The van der Waals surface area contributed by atoms with E-state index in [2.05, 4.69) is 16.8 Å². The molecule has 1 unspecified atom stereocenters. The highest BCUT2D eigenvalue weighted by atomic mass is 16.5. The number of methoxy groups -OCH3 is 2. The lowest BCUT2D eigenvalue weighted by atomic mass is 10.2. The quantitative estimate of drug-likeness (QED) is 0.538. The lowest BCUT2D eigenvalue weighted by Crippen LogP contribution is -2.38. The number of ether oxygens (including phenoxy) is 2. The van der Waals surface area contributed by atoms with E-state index in [1.807, 2.05) is 12.1 Å². The van der Waals surface area contributed by atoms with Crippen LogP contribution in [0.25, 0.3) is 0 Å². The van der Waals surface area contributed by atoms with Crippen molar-refractivity contribution in [3.8, 4) is 0 Å². The van der Waals surface area contributed by atoms with Gasteiger partial charge >= 0.3 is 0 Å². The average molecular weight is 266 g/mol. The van der Waals surface area contributed by atoms with E-state index in [9.17, 15) is 0 Å². The first kappa shape index (κ1) is 15.4. The van der Waals surface area contributed by atoms with E-state index < -0.39 is 0 Å². The highest BCUT2D eigenvalue weighted by Gasteiger charge is 2.15. The largest absolute Gasteiger partial charge is 0.383 e. The fraction of sp³-hybridized carbons (Fsp3) is 0.538. The van der Waals surface area contributed by atoms with Crippen LogP contribution < -0.4 is 10.6 Å². The third-order valence-corrected chi connectivity index (χ3v) is 2.83. The second-order valence-electron chi connectivity index (χ2n) is 4.30. The summed E-state index contributed by atoms with van der Waals surface area (Å²) in [6.07, 6.45) is 1.66. The van der Waals surface area contributed by atoms with Gasteiger partial charge in [0.25, 0.3) is 0 Å². The number of nitrogens with one attached hydrogen (secondary N) is 1. The van der Waals surface area contributed by atoms with Gasteiger partial charge in [0.1, 0.15) is 11.5 Å². The monoisotopic (exact) mass is 266 g/mol. The molecule has 0 spiro atoms. The smallest absolute Gasteiger partial charge is 0.141 e. The summed E-state index contributed by atoms with van der Waals surface area (Å²) in [5, 5.41) is 7.45. The molecule has 1 aromatic heterocycles. The van der Waals surface area contributed by atoms with Crippen LogP contribution in [0.3, 0.4) is 0 Å². The van der Waals surface area contributed by atoms with E-state index in [4.69, 9.17) is 20.6 Å². The summed E-state index contributed by atoms with van der Waals surface area (Å²) in [5.74, 6) is -0.0343. The second-order valence-corrected chi connectivity index (χ2v) is 4.30. The van der Waals surface area contributed by atoms with Gasteiger partial charge in [-0.15, -0.1) is 0 Å². The van der Waals surface area contributed by atoms with E-state index in [-0.39, 0.29) is 11.9 Å². The van der Waals surface area contributed by atoms with Crippen molar-refractivity contribution >= 4 is 11.5 Å². The van der Waals surface area contributed by atoms with Crippen LogP contribution in [0.5, 0.6) is 0 Å². The molecule has 6 nitrogen and oxygen atoms in total. The molecular formula is C13H22N4O2. The van der Waals surface area contributed by atoms with Crippen LogP contribution in [0.1, 0.15) is 12.6 Å². The zero-order valence-corrected chi connectivity index (χ0v) is 11.7. The van der Waals surface area contributed by atoms with Gasteiger partial charge in [-0.2, -0.15) is 0 Å². The molecule has 0 aliphatic carbocycles. The predicted octanol–water partition coefficient (Wildman–Crippen LogP) is 0.853. The molecule has 0 amide bonds. The van der Waals surface area contributed by atoms with E-state index in [1.54, 1.807) is 20.4 Å². The molecule has 1 heterocycles. The van der Waals surface area contributed by atoms with Gasteiger partial charge in [0.05, 0.1) is 13.2 Å². The first-order valence-corrected chi connectivity index (χ1v) is 6.15. The van der Waals surface area contributed by atoms with Gasteiger partial charge in [-0.05, 0) is 19.1 Å². The number of hydrogen-bond donors (Lipinski definition) is 2. The molecule has 0 saturated heterocycles. The van der Waals surface area contributed by atoms with Crippen molar-refractivity contribution in [1.82, 2.24) is 4.98 Å². The Morgan fingerprint density at radius 1 is 1.47 bits per heavy atom. The number of amidine groups is 1. The summed E-state index contributed by atoms with van der Waals surface area (Å²) < 4.78 is 10.3. The Morgan fingerprint density at radius 3 is 2.79 bits per heavy atom. The molecule has 19 heavy (non-hydrogen) atoms. The highest BCUT2D eigenvalue weighted by Crippen LogP contribution is 2.17. The zero-order chi connectivity index (χ0) is 14.3. The van der Waals surface area contributed by atoms with Crippen LogP contribution >= 0.6 is 0 Å². The first-order chi connectivity index (χ1) is 9.10. The Hall–Kier alpha value is -1.66. The number of pyridine rings is 1. The summed E-state index contributed by atoms with van der Waals surface area (Å²) in [6.45, 7) is 4.04. The first-order valence-electron chi connectivity index (χ1n) is 6.15. The average Bonchev–Trinajstić information content (AvgIpc) is 2.40. The summed E-state index contributed by atoms with van der Waals surface area (Å²) in [5.41, 5.74) is 6.91. The number of hydrogen-bond acceptors (Lipinski definition) is 5. The predicted molar refractivity (Wildman–Crippen MR) is 75.8 cm³/mol. The van der Waals surface area contributed by atoms with Crippen molar-refractivity contribution in [2.75, 3.05) is 38.9 Å². The fourth-order valence-electron chi connectivity index (χ4n) is 1.87. The Labute approximate surface area is 114 Å². The molecule has 0 aliphatic rings. The number of anilines is 1. The molecule has 0 radical (unpaired) electrons. The summed E-state index contributed by atoms with van der Waals surface area (Å²) >= 11 is 0. The van der Waals surface area contributed by atoms with Gasteiger partial charge in [0, 0.05) is 38.7 Å². The minimum absolute atomic E-state index is 0.0343. The van der Waals surface area contributed by atoms with Crippen LogP contribution in [0.15, 0.2) is 18.3 Å². The van der Waals surface area contributed by atoms with Crippen LogP contribution in [-0.4, -0.2) is 50.8 Å². The molecule has 106 valence electrons. The number of nitrogens with zero attached hydrogens (tertiary/aromatic N) is 2. The lowest BCUT2D eigenvalue weighted by Gasteiger charge is -2.30. The van der Waals surface area contributed by atoms with Crippen molar-refractivity contribution in [2.45, 2.75) is 13.0 Å². The fourth-order valence-corrected chi connectivity index (χ4v) is 1.87. The summed E-state index contributed by atoms with van der Waals surface area (Å²) in [4.78, 5) is 6.22. The normalized spacial score (nSPS) is 12.2. The third kappa shape index (κ3) is 4.50. The Balaban J connectivity index is 2.95. The van der Waals surface area contributed by atoms with Gasteiger partial charge in [-0.3, -0.25) is 10.4 Å². The van der Waals surface area contributed by atoms with Gasteiger partial charge < -0.3 is 20.1 Å². The maximum absolute atomic E-state index is 7.45. The molecular weight excluding hydrogens is 244 g/mol. The standard InChI is InChI=1S/C13H22N4O2/c1-10(9-19-3)17(6-7-18-2)11-4-5-16-12(8-11)13(14)15/h4-5,8,10H,6-7,9H2,1-3H3,(H3,14,15). The van der Waals surface area contributed by atoms with Crippen LogP contribution in [-0.2, 0) is 9.47 Å².